The monoisotopic (exact) mass is 758 g/mol. The van der Waals surface area contributed by atoms with Crippen molar-refractivity contribution in [3.8, 4) is 27.9 Å². The van der Waals surface area contributed by atoms with E-state index in [9.17, 15) is 0 Å². The number of furan rings is 1. The van der Waals surface area contributed by atoms with Crippen LogP contribution in [0.15, 0.2) is 211 Å². The fourth-order valence-corrected chi connectivity index (χ4v) is 10.1. The van der Waals surface area contributed by atoms with Crippen LogP contribution in [0.2, 0.25) is 0 Å². The van der Waals surface area contributed by atoms with Crippen LogP contribution in [0.4, 0.5) is 17.1 Å². The van der Waals surface area contributed by atoms with Gasteiger partial charge in [0, 0.05) is 64.3 Å². The topological polar surface area (TPSA) is 21.3 Å². The normalized spacial score (nSPS) is 11.8. The van der Waals surface area contributed by atoms with E-state index in [1.807, 2.05) is 23.5 Å². The molecule has 0 atom stereocenters. The zero-order chi connectivity index (χ0) is 38.2. The molecule has 12 aromatic rings. The average Bonchev–Trinajstić information content (AvgIpc) is 3.97. The van der Waals surface area contributed by atoms with Gasteiger partial charge in [-0.3, -0.25) is 0 Å². The summed E-state index contributed by atoms with van der Waals surface area (Å²) in [6, 6.07) is 74.4. The molecule has 0 aliphatic rings. The fraction of sp³-hybridized carbons (Fsp3) is 0. The molecule has 3 heterocycles. The van der Waals surface area contributed by atoms with E-state index in [1.54, 1.807) is 0 Å². The molecule has 0 saturated carbocycles. The number of hydrogen-bond donors (Lipinski definition) is 0. The summed E-state index contributed by atoms with van der Waals surface area (Å²) < 4.78 is 11.6. The Labute approximate surface area is 338 Å². The minimum Gasteiger partial charge on any atom is -0.454 e. The summed E-state index contributed by atoms with van der Waals surface area (Å²) in [5.74, 6) is 0. The molecule has 3 aromatic heterocycles. The first-order chi connectivity index (χ1) is 28.8. The minimum absolute atomic E-state index is 0.873. The Kier molecular flexibility index (Phi) is 7.40. The maximum absolute atomic E-state index is 6.58. The lowest BCUT2D eigenvalue weighted by Crippen LogP contribution is -2.10. The molecule has 272 valence electrons. The van der Waals surface area contributed by atoms with Crippen molar-refractivity contribution in [3.05, 3.63) is 206 Å². The summed E-state index contributed by atoms with van der Waals surface area (Å²) in [5.41, 5.74) is 13.2. The Bertz CT molecular complexity index is 3500. The SMILES string of the molecule is c1ccc(-c2ccc3c4ccccc4n(-c4cc(-c5ccc(N(c6ccccc6)c6cccc7c6oc6ccccc67)cc5)c5sc6ccccc6c5c4)c3c2)cc1. The smallest absolute Gasteiger partial charge is 0.159 e. The molecule has 0 saturated heterocycles. The van der Waals surface area contributed by atoms with Crippen LogP contribution in [0, 0.1) is 0 Å². The second kappa shape index (κ2) is 13.1. The van der Waals surface area contributed by atoms with Gasteiger partial charge >= 0.3 is 0 Å². The van der Waals surface area contributed by atoms with Crippen LogP contribution >= 0.6 is 11.3 Å². The van der Waals surface area contributed by atoms with Crippen molar-refractivity contribution in [1.29, 1.82) is 0 Å². The first-order valence-corrected chi connectivity index (χ1v) is 20.5. The number of thiophene rings is 1. The molecule has 0 N–H and O–H groups in total. The molecule has 9 aromatic carbocycles. The molecule has 0 bridgehead atoms. The molecule has 0 fully saturated rings. The van der Waals surface area contributed by atoms with E-state index in [4.69, 9.17) is 4.42 Å². The van der Waals surface area contributed by atoms with Gasteiger partial charge in [0.15, 0.2) is 5.58 Å². The van der Waals surface area contributed by atoms with Gasteiger partial charge in [-0.2, -0.15) is 0 Å². The number of hydrogen-bond acceptors (Lipinski definition) is 3. The highest BCUT2D eigenvalue weighted by Gasteiger charge is 2.21. The highest BCUT2D eigenvalue weighted by atomic mass is 32.1. The van der Waals surface area contributed by atoms with Crippen LogP contribution < -0.4 is 4.90 Å². The van der Waals surface area contributed by atoms with Crippen LogP contribution in [0.3, 0.4) is 0 Å². The molecule has 58 heavy (non-hydrogen) atoms. The Morgan fingerprint density at radius 3 is 1.91 bits per heavy atom. The third kappa shape index (κ3) is 5.12. The molecule has 3 nitrogen and oxygen atoms in total. The molecule has 0 unspecified atom stereocenters. The summed E-state index contributed by atoms with van der Waals surface area (Å²) in [5, 5.41) is 7.27. The molecule has 4 heteroatoms. The standard InChI is InChI=1S/C54H34N2OS/c1-3-14-35(15-4-1)37-28-31-42-41-18-7-10-22-48(41)56(50(42)32-37)40-33-46(54-47(34-40)44-20-9-12-25-52(44)58-54)36-26-29-39(30-27-36)55(38-16-5-2-6-17-38)49-23-13-21-45-43-19-8-11-24-51(43)57-53(45)49/h1-34H. The van der Waals surface area contributed by atoms with Gasteiger partial charge in [0.05, 0.1) is 16.7 Å². The molecular weight excluding hydrogens is 725 g/mol. The molecule has 0 amide bonds. The predicted molar refractivity (Wildman–Crippen MR) is 247 cm³/mol. The summed E-state index contributed by atoms with van der Waals surface area (Å²) in [6.07, 6.45) is 0. The molecular formula is C54H34N2OS. The third-order valence-corrected chi connectivity index (χ3v) is 12.8. The Morgan fingerprint density at radius 2 is 1.07 bits per heavy atom. The van der Waals surface area contributed by atoms with Gasteiger partial charge in [0.2, 0.25) is 0 Å². The van der Waals surface area contributed by atoms with Gasteiger partial charge in [-0.1, -0.05) is 140 Å². The van der Waals surface area contributed by atoms with E-state index in [2.05, 4.69) is 204 Å². The summed E-state index contributed by atoms with van der Waals surface area (Å²) in [7, 11) is 0. The molecule has 0 radical (unpaired) electrons. The van der Waals surface area contributed by atoms with Crippen molar-refractivity contribution in [3.63, 3.8) is 0 Å². The second-order valence-electron chi connectivity index (χ2n) is 14.9. The van der Waals surface area contributed by atoms with Crippen molar-refractivity contribution in [1.82, 2.24) is 4.57 Å². The van der Waals surface area contributed by atoms with Crippen molar-refractivity contribution < 1.29 is 4.42 Å². The lowest BCUT2D eigenvalue weighted by atomic mass is 10.0. The summed E-state index contributed by atoms with van der Waals surface area (Å²) in [4.78, 5) is 2.31. The quantitative estimate of drug-likeness (QED) is 0.168. The number of fused-ring (bicyclic) bond motifs is 9. The van der Waals surface area contributed by atoms with E-state index < -0.39 is 0 Å². The number of para-hydroxylation sites is 4. The van der Waals surface area contributed by atoms with Gasteiger partial charge in [0.1, 0.15) is 5.58 Å². The molecule has 0 aliphatic heterocycles. The Hall–Kier alpha value is -7.40. The maximum atomic E-state index is 6.58. The zero-order valence-corrected chi connectivity index (χ0v) is 32.2. The van der Waals surface area contributed by atoms with Gasteiger partial charge < -0.3 is 13.9 Å². The van der Waals surface area contributed by atoms with Crippen molar-refractivity contribution in [2.75, 3.05) is 4.90 Å². The Balaban J connectivity index is 1.07. The maximum Gasteiger partial charge on any atom is 0.159 e. The molecule has 12 rings (SSSR count). The van der Waals surface area contributed by atoms with Gasteiger partial charge in [0.25, 0.3) is 0 Å². The summed E-state index contributed by atoms with van der Waals surface area (Å²) >= 11 is 1.87. The number of aromatic nitrogens is 1. The lowest BCUT2D eigenvalue weighted by Gasteiger charge is -2.25. The van der Waals surface area contributed by atoms with E-state index in [0.717, 1.165) is 44.7 Å². The van der Waals surface area contributed by atoms with E-state index in [1.165, 1.54) is 64.2 Å². The van der Waals surface area contributed by atoms with Crippen molar-refractivity contribution >= 4 is 92.3 Å². The van der Waals surface area contributed by atoms with E-state index in [-0.39, 0.29) is 0 Å². The van der Waals surface area contributed by atoms with Crippen LogP contribution in [0.25, 0.3) is 91.9 Å². The van der Waals surface area contributed by atoms with Crippen LogP contribution in [0.1, 0.15) is 0 Å². The van der Waals surface area contributed by atoms with Crippen LogP contribution in [0.5, 0.6) is 0 Å². The Morgan fingerprint density at radius 1 is 0.414 bits per heavy atom. The van der Waals surface area contributed by atoms with Gasteiger partial charge in [-0.25, -0.2) is 0 Å². The third-order valence-electron chi connectivity index (χ3n) is 11.6. The number of benzene rings is 9. The fourth-order valence-electron chi connectivity index (χ4n) is 8.92. The van der Waals surface area contributed by atoms with E-state index >= 15 is 0 Å². The number of rotatable bonds is 6. The summed E-state index contributed by atoms with van der Waals surface area (Å²) in [6.45, 7) is 0. The first kappa shape index (κ1) is 32.8. The lowest BCUT2D eigenvalue weighted by molar-refractivity contribution is 0.669. The van der Waals surface area contributed by atoms with Crippen molar-refractivity contribution in [2.45, 2.75) is 0 Å². The van der Waals surface area contributed by atoms with Gasteiger partial charge in [-0.05, 0) is 83.4 Å². The predicted octanol–water partition coefficient (Wildman–Crippen LogP) is 15.9. The largest absolute Gasteiger partial charge is 0.454 e. The average molecular weight is 759 g/mol. The number of nitrogens with zero attached hydrogens (tertiary/aromatic N) is 2. The zero-order valence-electron chi connectivity index (χ0n) is 31.3. The molecule has 0 aliphatic carbocycles. The highest BCUT2D eigenvalue weighted by molar-refractivity contribution is 7.26. The van der Waals surface area contributed by atoms with Gasteiger partial charge in [-0.15, -0.1) is 11.3 Å². The van der Waals surface area contributed by atoms with Crippen molar-refractivity contribution in [2.24, 2.45) is 0 Å². The van der Waals surface area contributed by atoms with Crippen LogP contribution in [-0.2, 0) is 0 Å². The highest BCUT2D eigenvalue weighted by Crippen LogP contribution is 2.46. The second-order valence-corrected chi connectivity index (χ2v) is 15.9. The minimum atomic E-state index is 0.873. The first-order valence-electron chi connectivity index (χ1n) is 19.7. The number of anilines is 3. The van der Waals surface area contributed by atoms with Crippen LogP contribution in [-0.4, -0.2) is 4.57 Å². The molecule has 0 spiro atoms. The van der Waals surface area contributed by atoms with E-state index in [0.29, 0.717) is 0 Å².